The molecule has 20 heavy (non-hydrogen) atoms. The summed E-state index contributed by atoms with van der Waals surface area (Å²) in [7, 11) is 0. The van der Waals surface area contributed by atoms with Crippen LogP contribution >= 0.6 is 0 Å². The molecule has 5 heteroatoms. The van der Waals surface area contributed by atoms with Gasteiger partial charge in [-0.2, -0.15) is 0 Å². The SMILES string of the molecule is CCCC(O)CNC(=O)c1cc(-c2ccccc2)on1. The lowest BCUT2D eigenvalue weighted by Crippen LogP contribution is -2.32. The Morgan fingerprint density at radius 1 is 1.40 bits per heavy atom. The van der Waals surface area contributed by atoms with E-state index < -0.39 is 6.10 Å². The summed E-state index contributed by atoms with van der Waals surface area (Å²) < 4.78 is 5.15. The van der Waals surface area contributed by atoms with Crippen LogP contribution in [0.1, 0.15) is 30.3 Å². The van der Waals surface area contributed by atoms with Gasteiger partial charge in [-0.25, -0.2) is 0 Å². The predicted octanol–water partition coefficient (Wildman–Crippen LogP) is 2.23. The van der Waals surface area contributed by atoms with Crippen LogP contribution in [-0.4, -0.2) is 28.8 Å². The van der Waals surface area contributed by atoms with Crippen molar-refractivity contribution in [2.75, 3.05) is 6.54 Å². The Balaban J connectivity index is 1.97. The number of aliphatic hydroxyl groups is 1. The zero-order chi connectivity index (χ0) is 14.4. The molecule has 0 aliphatic rings. The Labute approximate surface area is 117 Å². The van der Waals surface area contributed by atoms with Crippen LogP contribution in [0.3, 0.4) is 0 Å². The van der Waals surface area contributed by atoms with Gasteiger partial charge in [-0.05, 0) is 6.42 Å². The van der Waals surface area contributed by atoms with Crippen molar-refractivity contribution in [2.45, 2.75) is 25.9 Å². The van der Waals surface area contributed by atoms with E-state index in [1.807, 2.05) is 37.3 Å². The van der Waals surface area contributed by atoms with Crippen LogP contribution in [0.2, 0.25) is 0 Å². The minimum Gasteiger partial charge on any atom is -0.391 e. The van der Waals surface area contributed by atoms with E-state index in [9.17, 15) is 9.90 Å². The van der Waals surface area contributed by atoms with Crippen molar-refractivity contribution < 1.29 is 14.4 Å². The zero-order valence-corrected chi connectivity index (χ0v) is 11.4. The number of benzene rings is 1. The summed E-state index contributed by atoms with van der Waals surface area (Å²) in [6.45, 7) is 2.20. The molecule has 0 radical (unpaired) electrons. The molecular weight excluding hydrogens is 256 g/mol. The highest BCUT2D eigenvalue weighted by molar-refractivity contribution is 5.93. The second-order valence-corrected chi connectivity index (χ2v) is 4.59. The number of rotatable bonds is 6. The monoisotopic (exact) mass is 274 g/mol. The Kier molecular flexibility index (Phi) is 4.90. The Bertz CT molecular complexity index is 551. The van der Waals surface area contributed by atoms with Gasteiger partial charge < -0.3 is 14.9 Å². The summed E-state index contributed by atoms with van der Waals surface area (Å²) in [5.41, 5.74) is 1.08. The Hall–Kier alpha value is -2.14. The van der Waals surface area contributed by atoms with Crippen molar-refractivity contribution in [3.63, 3.8) is 0 Å². The molecule has 2 rings (SSSR count). The lowest BCUT2D eigenvalue weighted by atomic mass is 10.1. The molecule has 1 aromatic heterocycles. The summed E-state index contributed by atoms with van der Waals surface area (Å²) >= 11 is 0. The molecule has 0 bridgehead atoms. The van der Waals surface area contributed by atoms with Crippen LogP contribution in [-0.2, 0) is 0 Å². The number of carbonyl (C=O) groups is 1. The molecule has 1 amide bonds. The largest absolute Gasteiger partial charge is 0.391 e. The molecule has 1 heterocycles. The molecule has 2 aromatic rings. The minimum atomic E-state index is -0.524. The molecule has 5 nitrogen and oxygen atoms in total. The molecule has 106 valence electrons. The van der Waals surface area contributed by atoms with Gasteiger partial charge in [0.25, 0.3) is 5.91 Å². The Morgan fingerprint density at radius 3 is 2.85 bits per heavy atom. The van der Waals surface area contributed by atoms with E-state index in [1.54, 1.807) is 6.07 Å². The first-order valence-electron chi connectivity index (χ1n) is 6.69. The standard InChI is InChI=1S/C15H18N2O3/c1-2-6-12(18)10-16-15(19)13-9-14(20-17-13)11-7-4-3-5-8-11/h3-5,7-9,12,18H,2,6,10H2,1H3,(H,16,19). The van der Waals surface area contributed by atoms with E-state index in [-0.39, 0.29) is 18.1 Å². The van der Waals surface area contributed by atoms with Gasteiger partial charge in [-0.3, -0.25) is 4.79 Å². The molecule has 0 aliphatic heterocycles. The first kappa shape index (κ1) is 14.3. The Morgan fingerprint density at radius 2 is 2.15 bits per heavy atom. The topological polar surface area (TPSA) is 75.4 Å². The molecule has 2 N–H and O–H groups in total. The number of amides is 1. The third kappa shape index (κ3) is 3.68. The first-order valence-corrected chi connectivity index (χ1v) is 6.69. The van der Waals surface area contributed by atoms with Gasteiger partial charge in [0.1, 0.15) is 0 Å². The van der Waals surface area contributed by atoms with E-state index in [0.29, 0.717) is 12.2 Å². The average Bonchev–Trinajstić information content (AvgIpc) is 2.96. The number of aromatic nitrogens is 1. The van der Waals surface area contributed by atoms with Gasteiger partial charge in [0, 0.05) is 18.2 Å². The van der Waals surface area contributed by atoms with E-state index in [2.05, 4.69) is 10.5 Å². The van der Waals surface area contributed by atoms with Crippen molar-refractivity contribution in [3.8, 4) is 11.3 Å². The minimum absolute atomic E-state index is 0.215. The third-order valence-corrected chi connectivity index (χ3v) is 2.92. The lowest BCUT2D eigenvalue weighted by molar-refractivity contribution is 0.0901. The number of nitrogens with one attached hydrogen (secondary N) is 1. The quantitative estimate of drug-likeness (QED) is 0.847. The van der Waals surface area contributed by atoms with E-state index in [0.717, 1.165) is 12.0 Å². The van der Waals surface area contributed by atoms with Crippen molar-refractivity contribution in [1.29, 1.82) is 0 Å². The fourth-order valence-electron chi connectivity index (χ4n) is 1.86. The van der Waals surface area contributed by atoms with Gasteiger partial charge in [0.15, 0.2) is 11.5 Å². The molecular formula is C15H18N2O3. The highest BCUT2D eigenvalue weighted by Crippen LogP contribution is 2.19. The maximum Gasteiger partial charge on any atom is 0.273 e. The third-order valence-electron chi connectivity index (χ3n) is 2.92. The molecule has 0 saturated heterocycles. The second-order valence-electron chi connectivity index (χ2n) is 4.59. The van der Waals surface area contributed by atoms with Crippen molar-refractivity contribution >= 4 is 5.91 Å². The second kappa shape index (κ2) is 6.86. The van der Waals surface area contributed by atoms with Crippen molar-refractivity contribution in [1.82, 2.24) is 10.5 Å². The van der Waals surface area contributed by atoms with Crippen LogP contribution in [0.25, 0.3) is 11.3 Å². The maximum absolute atomic E-state index is 11.9. The van der Waals surface area contributed by atoms with Gasteiger partial charge >= 0.3 is 0 Å². The highest BCUT2D eigenvalue weighted by atomic mass is 16.5. The summed E-state index contributed by atoms with van der Waals surface area (Å²) in [5, 5.41) is 16.0. The van der Waals surface area contributed by atoms with Crippen molar-refractivity contribution in [3.05, 3.63) is 42.1 Å². The number of hydrogen-bond acceptors (Lipinski definition) is 4. The first-order chi connectivity index (χ1) is 9.70. The molecule has 1 atom stereocenters. The lowest BCUT2D eigenvalue weighted by Gasteiger charge is -2.09. The van der Waals surface area contributed by atoms with Gasteiger partial charge in [-0.15, -0.1) is 0 Å². The van der Waals surface area contributed by atoms with E-state index >= 15 is 0 Å². The summed E-state index contributed by atoms with van der Waals surface area (Å²) in [6.07, 6.45) is 1.01. The normalized spacial score (nSPS) is 12.1. The molecule has 0 saturated carbocycles. The van der Waals surface area contributed by atoms with Crippen LogP contribution in [0.5, 0.6) is 0 Å². The van der Waals surface area contributed by atoms with Gasteiger partial charge in [0.2, 0.25) is 0 Å². The summed E-state index contributed by atoms with van der Waals surface area (Å²) in [5.74, 6) is 0.205. The smallest absolute Gasteiger partial charge is 0.273 e. The fraction of sp³-hybridized carbons (Fsp3) is 0.333. The van der Waals surface area contributed by atoms with Gasteiger partial charge in [-0.1, -0.05) is 48.8 Å². The fourth-order valence-corrected chi connectivity index (χ4v) is 1.86. The highest BCUT2D eigenvalue weighted by Gasteiger charge is 2.14. The molecule has 1 aromatic carbocycles. The zero-order valence-electron chi connectivity index (χ0n) is 11.4. The number of hydrogen-bond donors (Lipinski definition) is 2. The van der Waals surface area contributed by atoms with Crippen molar-refractivity contribution in [2.24, 2.45) is 0 Å². The average molecular weight is 274 g/mol. The van der Waals surface area contributed by atoms with Crippen LogP contribution in [0.15, 0.2) is 40.9 Å². The predicted molar refractivity (Wildman–Crippen MR) is 75.2 cm³/mol. The number of nitrogens with zero attached hydrogens (tertiary/aromatic N) is 1. The van der Waals surface area contributed by atoms with Gasteiger partial charge in [0.05, 0.1) is 6.10 Å². The van der Waals surface area contributed by atoms with Crippen LogP contribution in [0, 0.1) is 0 Å². The molecule has 0 aliphatic carbocycles. The van der Waals surface area contributed by atoms with Crippen LogP contribution in [0.4, 0.5) is 0 Å². The van der Waals surface area contributed by atoms with Crippen LogP contribution < -0.4 is 5.32 Å². The van der Waals surface area contributed by atoms with E-state index in [1.165, 1.54) is 0 Å². The summed E-state index contributed by atoms with van der Waals surface area (Å²) in [6, 6.07) is 11.0. The molecule has 0 spiro atoms. The maximum atomic E-state index is 11.9. The number of carbonyl (C=O) groups excluding carboxylic acids is 1. The molecule has 1 unspecified atom stereocenters. The summed E-state index contributed by atoms with van der Waals surface area (Å²) in [4.78, 5) is 11.9. The number of aliphatic hydroxyl groups excluding tert-OH is 1. The molecule has 0 fully saturated rings. The van der Waals surface area contributed by atoms with E-state index in [4.69, 9.17) is 4.52 Å².